The number of hydrogen-bond acceptors (Lipinski definition) is 12. The molecule has 1 unspecified atom stereocenters. The third-order valence-electron chi connectivity index (χ3n) is 15.9. The van der Waals surface area contributed by atoms with E-state index in [1.807, 2.05) is 18.2 Å². The Balaban J connectivity index is 3.18. The molecule has 0 aromatic rings. The topological polar surface area (TPSA) is 177 Å². The molecule has 0 radical (unpaired) electrons. The van der Waals surface area contributed by atoms with Gasteiger partial charge in [0.25, 0.3) is 0 Å². The summed E-state index contributed by atoms with van der Waals surface area (Å²) in [6.45, 7) is 8.02. The SMILES string of the molecule is CCCC1(N=C=O)C(CCCCCCCCCCCCCN=C=O)=C(CCCCCCCCCCCCCCCN=C=O)C(CCCCCCCCCCCCCCCCCCN=C=O)=C(C(C)C)C1(N=C=O)N=C=O. The van der Waals surface area contributed by atoms with Gasteiger partial charge in [-0.05, 0) is 92.4 Å². The molecule has 12 nitrogen and oxygen atoms in total. The van der Waals surface area contributed by atoms with Crippen molar-refractivity contribution in [2.24, 2.45) is 35.9 Å². The molecule has 0 heterocycles. The van der Waals surface area contributed by atoms with E-state index < -0.39 is 11.2 Å². The Hall–Kier alpha value is -4.24. The second-order valence-corrected chi connectivity index (χ2v) is 22.2. The third kappa shape index (κ3) is 30.6. The smallest absolute Gasteiger partial charge is 0.211 e. The number of nitrogens with zero attached hydrogens (tertiary/aromatic N) is 6. The number of unbranched alkanes of at least 4 members (excludes halogenated alkanes) is 37. The van der Waals surface area contributed by atoms with Gasteiger partial charge < -0.3 is 0 Å². The molecule has 1 aliphatic rings. The van der Waals surface area contributed by atoms with E-state index in [1.54, 1.807) is 18.2 Å². The van der Waals surface area contributed by atoms with Gasteiger partial charge in [-0.1, -0.05) is 245 Å². The van der Waals surface area contributed by atoms with Crippen LogP contribution in [0.15, 0.2) is 52.2 Å². The Labute approximate surface area is 462 Å². The molecule has 0 aromatic carbocycles. The van der Waals surface area contributed by atoms with Crippen molar-refractivity contribution in [2.75, 3.05) is 19.6 Å². The monoisotopic (exact) mass is 1050 g/mol. The second kappa shape index (κ2) is 50.3. The van der Waals surface area contributed by atoms with Crippen LogP contribution >= 0.6 is 0 Å². The lowest BCUT2D eigenvalue weighted by molar-refractivity contribution is 0.256. The normalized spacial score (nSPS) is 16.1. The van der Waals surface area contributed by atoms with Crippen LogP contribution in [0.5, 0.6) is 0 Å². The molecule has 76 heavy (non-hydrogen) atoms. The summed E-state index contributed by atoms with van der Waals surface area (Å²) in [6.07, 6.45) is 60.9. The molecule has 0 aliphatic heterocycles. The molecule has 0 bridgehead atoms. The maximum absolute atomic E-state index is 12.8. The summed E-state index contributed by atoms with van der Waals surface area (Å²) in [6, 6.07) is 0. The first-order valence-electron chi connectivity index (χ1n) is 31.3. The Morgan fingerprint density at radius 2 is 0.592 bits per heavy atom. The van der Waals surface area contributed by atoms with Crippen molar-refractivity contribution >= 4 is 36.5 Å². The molecule has 1 atom stereocenters. The lowest BCUT2D eigenvalue weighted by Crippen LogP contribution is -2.56. The van der Waals surface area contributed by atoms with Crippen molar-refractivity contribution in [3.05, 3.63) is 22.3 Å². The minimum atomic E-state index is -1.74. The largest absolute Gasteiger partial charge is 0.237 e. The number of allylic oxidation sites excluding steroid dienone is 2. The third-order valence-corrected chi connectivity index (χ3v) is 15.9. The van der Waals surface area contributed by atoms with Crippen molar-refractivity contribution in [1.82, 2.24) is 0 Å². The van der Waals surface area contributed by atoms with Gasteiger partial charge in [-0.25, -0.2) is 43.7 Å². The van der Waals surface area contributed by atoms with Crippen LogP contribution in [-0.4, -0.2) is 67.3 Å². The fourth-order valence-corrected chi connectivity index (χ4v) is 12.0. The molecule has 1 aliphatic carbocycles. The maximum Gasteiger partial charge on any atom is 0.237 e. The molecule has 0 aromatic heterocycles. The molecule has 0 saturated heterocycles. The minimum Gasteiger partial charge on any atom is -0.211 e. The second-order valence-electron chi connectivity index (χ2n) is 22.2. The fraction of sp³-hybridized carbons (Fsp3) is 0.844. The number of hydrogen-bond donors (Lipinski definition) is 0. The van der Waals surface area contributed by atoms with Gasteiger partial charge in [0.05, 0.1) is 19.6 Å². The Bertz CT molecular complexity index is 1840. The van der Waals surface area contributed by atoms with Crippen LogP contribution in [0.2, 0.25) is 0 Å². The quantitative estimate of drug-likeness (QED) is 0.0332. The first-order valence-corrected chi connectivity index (χ1v) is 31.3. The van der Waals surface area contributed by atoms with Crippen molar-refractivity contribution in [1.29, 1.82) is 0 Å². The maximum atomic E-state index is 12.8. The lowest BCUT2D eigenvalue weighted by atomic mass is 9.60. The summed E-state index contributed by atoms with van der Waals surface area (Å²) in [5.74, 6) is -0.140. The van der Waals surface area contributed by atoms with E-state index in [9.17, 15) is 28.8 Å². The van der Waals surface area contributed by atoms with Gasteiger partial charge in [-0.2, -0.15) is 15.0 Å². The number of rotatable bonds is 55. The molecule has 0 spiro atoms. The van der Waals surface area contributed by atoms with E-state index in [4.69, 9.17) is 4.99 Å². The van der Waals surface area contributed by atoms with Crippen LogP contribution in [0, 0.1) is 5.92 Å². The van der Waals surface area contributed by atoms with Crippen molar-refractivity contribution in [3.8, 4) is 0 Å². The van der Waals surface area contributed by atoms with Gasteiger partial charge in [-0.3, -0.25) is 0 Å². The predicted molar refractivity (Wildman–Crippen MR) is 311 cm³/mol. The fourth-order valence-electron chi connectivity index (χ4n) is 12.0. The summed E-state index contributed by atoms with van der Waals surface area (Å²) < 4.78 is 0. The van der Waals surface area contributed by atoms with Crippen LogP contribution in [0.25, 0.3) is 0 Å². The lowest BCUT2D eigenvalue weighted by Gasteiger charge is -2.49. The van der Waals surface area contributed by atoms with Crippen molar-refractivity contribution in [2.45, 2.75) is 321 Å². The number of carbonyl (C=O) groups excluding carboxylic acids is 6. The average molecular weight is 1060 g/mol. The van der Waals surface area contributed by atoms with Crippen LogP contribution in [-0.2, 0) is 28.8 Å². The van der Waals surface area contributed by atoms with E-state index in [2.05, 4.69) is 45.7 Å². The highest BCUT2D eigenvalue weighted by atomic mass is 16.1. The van der Waals surface area contributed by atoms with Gasteiger partial charge in [-0.15, -0.1) is 0 Å². The van der Waals surface area contributed by atoms with E-state index in [0.29, 0.717) is 38.9 Å². The first kappa shape index (κ1) is 69.8. The van der Waals surface area contributed by atoms with Gasteiger partial charge >= 0.3 is 0 Å². The summed E-state index contributed by atoms with van der Waals surface area (Å²) >= 11 is 0. The highest BCUT2D eigenvalue weighted by Gasteiger charge is 2.61. The van der Waals surface area contributed by atoms with Crippen molar-refractivity contribution < 1.29 is 28.8 Å². The Kier molecular flexibility index (Phi) is 46.2. The molecule has 0 amide bonds. The zero-order chi connectivity index (χ0) is 55.3. The molecule has 428 valence electrons. The number of aliphatic imine (C=N–C) groups is 6. The molecule has 0 fully saturated rings. The number of isocyanates is 6. The molecule has 1 rings (SSSR count). The molecule has 0 N–H and O–H groups in total. The molecule has 12 heteroatoms. The van der Waals surface area contributed by atoms with E-state index in [1.165, 1.54) is 166 Å². The molecule has 0 saturated carbocycles. The molecular weight excluding hydrogens is 949 g/mol. The van der Waals surface area contributed by atoms with E-state index in [-0.39, 0.29) is 5.92 Å². The van der Waals surface area contributed by atoms with Crippen LogP contribution < -0.4 is 0 Å². The Morgan fingerprint density at radius 3 is 0.855 bits per heavy atom. The highest BCUT2D eigenvalue weighted by Crippen LogP contribution is 2.57. The van der Waals surface area contributed by atoms with Crippen LogP contribution in [0.1, 0.15) is 310 Å². The van der Waals surface area contributed by atoms with E-state index in [0.717, 1.165) is 126 Å². The van der Waals surface area contributed by atoms with Crippen LogP contribution in [0.4, 0.5) is 0 Å². The zero-order valence-corrected chi connectivity index (χ0v) is 48.7. The highest BCUT2D eigenvalue weighted by molar-refractivity contribution is 5.62. The van der Waals surface area contributed by atoms with Gasteiger partial charge in [0, 0.05) is 0 Å². The standard InChI is InChI=1S/C64H106N6O6/c1-4-48-63(68-55-74)61(47-41-35-29-23-17-14-20-26-32-38-44-51-67-54-73)59(45-39-33-27-21-15-11-9-13-19-25-31-37-43-50-66-53-72)60(62(58(2)3)64(63,69-56-75)70-57-76)46-40-34-28-22-16-10-7-5-6-8-12-18-24-30-36-42-49-65-52-71/h58H,4-51H2,1-3H3. The minimum absolute atomic E-state index is 0.140. The average Bonchev–Trinajstić information content (AvgIpc) is 3.41. The molecular formula is C64H106N6O6. The van der Waals surface area contributed by atoms with Gasteiger partial charge in [0.15, 0.2) is 0 Å². The summed E-state index contributed by atoms with van der Waals surface area (Å²) in [4.78, 5) is 93.6. The first-order chi connectivity index (χ1) is 37.4. The van der Waals surface area contributed by atoms with E-state index >= 15 is 0 Å². The summed E-state index contributed by atoms with van der Waals surface area (Å²) in [7, 11) is 0. The van der Waals surface area contributed by atoms with Gasteiger partial charge in [0.2, 0.25) is 42.1 Å². The van der Waals surface area contributed by atoms with Crippen molar-refractivity contribution in [3.63, 3.8) is 0 Å². The zero-order valence-electron chi connectivity index (χ0n) is 48.7. The Morgan fingerprint density at radius 1 is 0.329 bits per heavy atom. The summed E-state index contributed by atoms with van der Waals surface area (Å²) in [5, 5.41) is 0. The van der Waals surface area contributed by atoms with Crippen LogP contribution in [0.3, 0.4) is 0 Å². The van der Waals surface area contributed by atoms with Gasteiger partial charge in [0.1, 0.15) is 5.54 Å². The predicted octanol–water partition coefficient (Wildman–Crippen LogP) is 18.3. The summed E-state index contributed by atoms with van der Waals surface area (Å²) in [5.41, 5.74) is 1.13.